The van der Waals surface area contributed by atoms with Crippen LogP contribution in [0.15, 0.2) is 57.6 Å². The first-order valence-electron chi connectivity index (χ1n) is 9.43. The molecule has 2 heterocycles. The number of amides is 2. The van der Waals surface area contributed by atoms with Gasteiger partial charge in [0.15, 0.2) is 0 Å². The average Bonchev–Trinajstić information content (AvgIpc) is 2.70. The summed E-state index contributed by atoms with van der Waals surface area (Å²) in [5.74, 6) is 1.69. The number of nitrogens with one attached hydrogen (secondary N) is 3. The summed E-state index contributed by atoms with van der Waals surface area (Å²) in [6.45, 7) is 1.50. The first-order chi connectivity index (χ1) is 13.2. The van der Waals surface area contributed by atoms with Crippen molar-refractivity contribution in [3.63, 3.8) is 0 Å². The zero-order chi connectivity index (χ0) is 18.6. The highest BCUT2D eigenvalue weighted by molar-refractivity contribution is 9.10. The number of hydrogen-bond acceptors (Lipinski definition) is 3. The van der Waals surface area contributed by atoms with E-state index in [-0.39, 0.29) is 6.03 Å². The second-order valence-corrected chi connectivity index (χ2v) is 7.82. The molecule has 3 N–H and O–H groups in total. The number of urea groups is 1. The molecule has 2 aromatic rings. The molecule has 0 bridgehead atoms. The van der Waals surface area contributed by atoms with E-state index in [2.05, 4.69) is 42.9 Å². The minimum absolute atomic E-state index is 0.188. The number of allylic oxidation sites excluding steroid dienone is 1. The van der Waals surface area contributed by atoms with Gasteiger partial charge >= 0.3 is 6.03 Å². The summed E-state index contributed by atoms with van der Waals surface area (Å²) in [6.07, 6.45) is 6.48. The van der Waals surface area contributed by atoms with Gasteiger partial charge in [0.25, 0.3) is 0 Å². The van der Waals surface area contributed by atoms with E-state index in [0.29, 0.717) is 12.5 Å². The maximum atomic E-state index is 12.3. The maximum Gasteiger partial charge on any atom is 0.319 e. The largest absolute Gasteiger partial charge is 0.348 e. The molecule has 0 aliphatic carbocycles. The molecule has 2 aromatic carbocycles. The van der Waals surface area contributed by atoms with Gasteiger partial charge in [-0.15, -0.1) is 0 Å². The van der Waals surface area contributed by atoms with Crippen LogP contribution in [0.4, 0.5) is 10.5 Å². The van der Waals surface area contributed by atoms with E-state index >= 15 is 0 Å². The van der Waals surface area contributed by atoms with Crippen LogP contribution >= 0.6 is 15.9 Å². The minimum Gasteiger partial charge on any atom is -0.348 e. The van der Waals surface area contributed by atoms with Crippen LogP contribution in [0, 0.1) is 5.92 Å². The molecule has 27 heavy (non-hydrogen) atoms. The fourth-order valence-electron chi connectivity index (χ4n) is 3.69. The van der Waals surface area contributed by atoms with Crippen molar-refractivity contribution < 1.29 is 4.79 Å². The molecule has 140 valence electrons. The highest BCUT2D eigenvalue weighted by Gasteiger charge is 2.22. The molecule has 0 aromatic heterocycles. The lowest BCUT2D eigenvalue weighted by atomic mass is 9.92. The van der Waals surface area contributed by atoms with E-state index in [9.17, 15) is 4.79 Å². The van der Waals surface area contributed by atoms with E-state index in [4.69, 9.17) is 0 Å². The number of carbonyl (C=O) groups excluding carboxylic acids is 1. The second kappa shape index (κ2) is 8.13. The van der Waals surface area contributed by atoms with Crippen molar-refractivity contribution in [3.05, 3.63) is 52.6 Å². The van der Waals surface area contributed by atoms with Crippen molar-refractivity contribution in [2.45, 2.75) is 25.7 Å². The molecule has 0 spiro atoms. The lowest BCUT2D eigenvalue weighted by Gasteiger charge is -2.28. The number of carbonyl (C=O) groups is 1. The zero-order valence-electron chi connectivity index (χ0n) is 15.1. The Labute approximate surface area is 167 Å². The molecule has 0 saturated heterocycles. The predicted octanol–water partition coefficient (Wildman–Crippen LogP) is 4.80. The quantitative estimate of drug-likeness (QED) is 0.657. The molecule has 2 aliphatic heterocycles. The highest BCUT2D eigenvalue weighted by Crippen LogP contribution is 2.30. The molecular weight excluding hydrogens is 404 g/mol. The Kier molecular flexibility index (Phi) is 5.43. The van der Waals surface area contributed by atoms with Crippen molar-refractivity contribution >= 4 is 44.3 Å². The third kappa shape index (κ3) is 4.16. The predicted molar refractivity (Wildman–Crippen MR) is 114 cm³/mol. The van der Waals surface area contributed by atoms with E-state index in [0.717, 1.165) is 51.9 Å². The molecule has 5 nitrogen and oxygen atoms in total. The van der Waals surface area contributed by atoms with E-state index in [1.54, 1.807) is 0 Å². The molecule has 1 unspecified atom stereocenters. The van der Waals surface area contributed by atoms with Gasteiger partial charge in [0.1, 0.15) is 5.84 Å². The number of aliphatic imine (C=N–C) groups is 1. The van der Waals surface area contributed by atoms with Gasteiger partial charge in [-0.1, -0.05) is 46.3 Å². The van der Waals surface area contributed by atoms with Gasteiger partial charge in [0, 0.05) is 41.0 Å². The summed E-state index contributed by atoms with van der Waals surface area (Å²) in [5.41, 5.74) is 1.96. The number of anilines is 1. The summed E-state index contributed by atoms with van der Waals surface area (Å²) in [7, 11) is 0. The standard InChI is InChI=1S/C21H23BrN4O/c22-18-9-10-19(17-6-2-1-5-16(17)18)26-21(27)24-13-11-15-8-7-14-4-3-12-23-20(14)25-15/h1-2,5-6,8-10,14H,3-4,7,11-13H2,(H,23,25)(H2,24,26,27). The van der Waals surface area contributed by atoms with Crippen LogP contribution in [0.5, 0.6) is 0 Å². The number of fused-ring (bicyclic) bond motifs is 2. The highest BCUT2D eigenvalue weighted by atomic mass is 79.9. The van der Waals surface area contributed by atoms with Crippen LogP contribution in [-0.2, 0) is 0 Å². The Bertz CT molecular complexity index is 922. The Morgan fingerprint density at radius 2 is 2.07 bits per heavy atom. The average molecular weight is 427 g/mol. The van der Waals surface area contributed by atoms with Gasteiger partial charge in [0.2, 0.25) is 0 Å². The lowest BCUT2D eigenvalue weighted by Crippen LogP contribution is -2.37. The van der Waals surface area contributed by atoms with Crippen molar-refractivity contribution in [1.82, 2.24) is 10.6 Å². The number of rotatable bonds is 4. The molecule has 1 atom stereocenters. The zero-order valence-corrected chi connectivity index (χ0v) is 16.7. The van der Waals surface area contributed by atoms with Gasteiger partial charge in [-0.3, -0.25) is 4.99 Å². The van der Waals surface area contributed by atoms with Gasteiger partial charge in [-0.2, -0.15) is 0 Å². The van der Waals surface area contributed by atoms with Crippen molar-refractivity contribution in [1.29, 1.82) is 0 Å². The van der Waals surface area contributed by atoms with Gasteiger partial charge in [-0.25, -0.2) is 4.79 Å². The van der Waals surface area contributed by atoms with Crippen LogP contribution in [0.25, 0.3) is 10.8 Å². The normalized spacial score (nSPS) is 18.8. The van der Waals surface area contributed by atoms with E-state index in [1.807, 2.05) is 36.4 Å². The van der Waals surface area contributed by atoms with Crippen molar-refractivity contribution in [2.24, 2.45) is 10.9 Å². The van der Waals surface area contributed by atoms with E-state index in [1.165, 1.54) is 12.8 Å². The number of nitrogens with zero attached hydrogens (tertiary/aromatic N) is 1. The first kappa shape index (κ1) is 18.0. The molecule has 6 heteroatoms. The number of halogens is 1. The topological polar surface area (TPSA) is 65.5 Å². The third-order valence-corrected chi connectivity index (χ3v) is 5.81. The van der Waals surface area contributed by atoms with Crippen LogP contribution in [-0.4, -0.2) is 25.0 Å². The van der Waals surface area contributed by atoms with Crippen LogP contribution in [0.1, 0.15) is 25.7 Å². The van der Waals surface area contributed by atoms with Crippen LogP contribution in [0.2, 0.25) is 0 Å². The number of hydrogen-bond donors (Lipinski definition) is 3. The van der Waals surface area contributed by atoms with Crippen LogP contribution < -0.4 is 16.0 Å². The Morgan fingerprint density at radius 3 is 2.96 bits per heavy atom. The third-order valence-electron chi connectivity index (χ3n) is 5.12. The molecule has 0 radical (unpaired) electrons. The fourth-order valence-corrected chi connectivity index (χ4v) is 4.17. The Balaban J connectivity index is 1.32. The smallest absolute Gasteiger partial charge is 0.319 e. The molecule has 0 saturated carbocycles. The maximum absolute atomic E-state index is 12.3. The van der Waals surface area contributed by atoms with Gasteiger partial charge in [0.05, 0.1) is 5.69 Å². The monoisotopic (exact) mass is 426 g/mol. The molecule has 2 amide bonds. The Morgan fingerprint density at radius 1 is 1.22 bits per heavy atom. The fraction of sp³-hybridized carbons (Fsp3) is 0.333. The second-order valence-electron chi connectivity index (χ2n) is 6.97. The van der Waals surface area contributed by atoms with Crippen molar-refractivity contribution in [3.8, 4) is 0 Å². The summed E-state index contributed by atoms with van der Waals surface area (Å²) in [6, 6.07) is 11.7. The summed E-state index contributed by atoms with van der Waals surface area (Å²) >= 11 is 3.56. The minimum atomic E-state index is -0.188. The van der Waals surface area contributed by atoms with Gasteiger partial charge < -0.3 is 16.0 Å². The summed E-state index contributed by atoms with van der Waals surface area (Å²) < 4.78 is 1.02. The van der Waals surface area contributed by atoms with Crippen molar-refractivity contribution in [2.75, 3.05) is 18.4 Å². The molecule has 4 rings (SSSR count). The van der Waals surface area contributed by atoms with Gasteiger partial charge in [-0.05, 0) is 36.8 Å². The molecular formula is C21H23BrN4O. The lowest BCUT2D eigenvalue weighted by molar-refractivity contribution is 0.252. The SMILES string of the molecule is O=C(NCCC1=CCC2CCCN=C2N1)Nc1ccc(Br)c2ccccc12. The summed E-state index contributed by atoms with van der Waals surface area (Å²) in [5, 5.41) is 11.4. The molecule has 0 fully saturated rings. The number of amidine groups is 1. The summed E-state index contributed by atoms with van der Waals surface area (Å²) in [4.78, 5) is 16.9. The first-order valence-corrected chi connectivity index (χ1v) is 10.2. The van der Waals surface area contributed by atoms with Crippen LogP contribution in [0.3, 0.4) is 0 Å². The van der Waals surface area contributed by atoms with E-state index < -0.39 is 0 Å². The Hall–Kier alpha value is -2.34. The number of benzene rings is 2. The molecule has 2 aliphatic rings.